The van der Waals surface area contributed by atoms with Crippen molar-refractivity contribution in [2.45, 2.75) is 24.6 Å². The molecule has 1 aromatic carbocycles. The van der Waals surface area contributed by atoms with Crippen molar-refractivity contribution in [3.8, 4) is 5.75 Å². The van der Waals surface area contributed by atoms with Gasteiger partial charge in [-0.1, -0.05) is 38.8 Å². The highest BCUT2D eigenvalue weighted by atomic mass is 79.9. The standard InChI is InChI=1S/C11H14Br2O/c1-9(12)3-2-8-14-11-6-4-10(13)5-7-11/h4-7,9H,2-3,8H2,1H3. The number of rotatable bonds is 5. The Labute approximate surface area is 102 Å². The quantitative estimate of drug-likeness (QED) is 0.577. The van der Waals surface area contributed by atoms with E-state index in [1.54, 1.807) is 0 Å². The minimum absolute atomic E-state index is 0.580. The van der Waals surface area contributed by atoms with Crippen LogP contribution in [0.25, 0.3) is 0 Å². The molecule has 1 atom stereocenters. The topological polar surface area (TPSA) is 9.23 Å². The van der Waals surface area contributed by atoms with Crippen molar-refractivity contribution < 1.29 is 4.74 Å². The summed E-state index contributed by atoms with van der Waals surface area (Å²) in [4.78, 5) is 0.580. The molecule has 0 heterocycles. The Morgan fingerprint density at radius 1 is 1.29 bits per heavy atom. The van der Waals surface area contributed by atoms with Gasteiger partial charge in [-0.15, -0.1) is 0 Å². The largest absolute Gasteiger partial charge is 0.494 e. The number of alkyl halides is 1. The highest BCUT2D eigenvalue weighted by molar-refractivity contribution is 9.10. The molecule has 0 bridgehead atoms. The van der Waals surface area contributed by atoms with Crippen LogP contribution in [0.3, 0.4) is 0 Å². The lowest BCUT2D eigenvalue weighted by Gasteiger charge is -2.06. The van der Waals surface area contributed by atoms with Gasteiger partial charge in [-0.25, -0.2) is 0 Å². The molecular formula is C11H14Br2O. The van der Waals surface area contributed by atoms with Gasteiger partial charge in [0.1, 0.15) is 5.75 Å². The molecule has 0 spiro atoms. The Balaban J connectivity index is 2.21. The first-order valence-corrected chi connectivity index (χ1v) is 6.42. The minimum atomic E-state index is 0.580. The van der Waals surface area contributed by atoms with Crippen LogP contribution in [-0.2, 0) is 0 Å². The van der Waals surface area contributed by atoms with Crippen LogP contribution in [0.1, 0.15) is 19.8 Å². The maximum atomic E-state index is 5.57. The molecule has 0 radical (unpaired) electrons. The smallest absolute Gasteiger partial charge is 0.119 e. The summed E-state index contributed by atoms with van der Waals surface area (Å²) in [7, 11) is 0. The highest BCUT2D eigenvalue weighted by Gasteiger charge is 1.97. The van der Waals surface area contributed by atoms with Crippen molar-refractivity contribution in [1.29, 1.82) is 0 Å². The molecule has 0 aliphatic carbocycles. The van der Waals surface area contributed by atoms with E-state index < -0.39 is 0 Å². The Morgan fingerprint density at radius 3 is 2.50 bits per heavy atom. The number of hydrogen-bond donors (Lipinski definition) is 0. The van der Waals surface area contributed by atoms with Crippen LogP contribution >= 0.6 is 31.9 Å². The summed E-state index contributed by atoms with van der Waals surface area (Å²) in [6.45, 7) is 2.94. The lowest BCUT2D eigenvalue weighted by Crippen LogP contribution is -2.00. The molecule has 0 N–H and O–H groups in total. The summed E-state index contributed by atoms with van der Waals surface area (Å²) in [6.07, 6.45) is 2.24. The van der Waals surface area contributed by atoms with Gasteiger partial charge >= 0.3 is 0 Å². The fraction of sp³-hybridized carbons (Fsp3) is 0.455. The molecule has 0 amide bonds. The van der Waals surface area contributed by atoms with E-state index in [1.165, 1.54) is 0 Å². The summed E-state index contributed by atoms with van der Waals surface area (Å²) >= 11 is 6.89. The van der Waals surface area contributed by atoms with Crippen LogP contribution in [0, 0.1) is 0 Å². The van der Waals surface area contributed by atoms with Crippen LogP contribution in [0.15, 0.2) is 28.7 Å². The summed E-state index contributed by atoms with van der Waals surface area (Å²) < 4.78 is 6.65. The summed E-state index contributed by atoms with van der Waals surface area (Å²) in [5, 5.41) is 0. The third-order valence-electron chi connectivity index (χ3n) is 1.83. The zero-order valence-corrected chi connectivity index (χ0v) is 11.3. The molecule has 78 valence electrons. The molecule has 0 saturated heterocycles. The fourth-order valence-electron chi connectivity index (χ4n) is 1.09. The molecule has 0 fully saturated rings. The molecule has 1 aromatic rings. The van der Waals surface area contributed by atoms with Crippen molar-refractivity contribution in [1.82, 2.24) is 0 Å². The highest BCUT2D eigenvalue weighted by Crippen LogP contribution is 2.16. The monoisotopic (exact) mass is 320 g/mol. The van der Waals surface area contributed by atoms with Crippen LogP contribution in [0.5, 0.6) is 5.75 Å². The second kappa shape index (κ2) is 6.46. The Morgan fingerprint density at radius 2 is 1.93 bits per heavy atom. The van der Waals surface area contributed by atoms with Gasteiger partial charge in [-0.05, 0) is 37.1 Å². The van der Waals surface area contributed by atoms with Gasteiger partial charge in [0.05, 0.1) is 6.61 Å². The van der Waals surface area contributed by atoms with Gasteiger partial charge in [0.2, 0.25) is 0 Å². The third-order valence-corrected chi connectivity index (χ3v) is 2.82. The number of halogens is 2. The van der Waals surface area contributed by atoms with E-state index in [0.717, 1.165) is 29.7 Å². The van der Waals surface area contributed by atoms with E-state index >= 15 is 0 Å². The zero-order chi connectivity index (χ0) is 10.4. The molecule has 0 aliphatic heterocycles. The maximum Gasteiger partial charge on any atom is 0.119 e. The Bertz CT molecular complexity index is 256. The van der Waals surface area contributed by atoms with Crippen molar-refractivity contribution in [3.05, 3.63) is 28.7 Å². The average molecular weight is 322 g/mol. The van der Waals surface area contributed by atoms with E-state index in [2.05, 4.69) is 38.8 Å². The lowest BCUT2D eigenvalue weighted by molar-refractivity contribution is 0.307. The zero-order valence-electron chi connectivity index (χ0n) is 8.17. The third kappa shape index (κ3) is 5.01. The lowest BCUT2D eigenvalue weighted by atomic mass is 10.3. The van der Waals surface area contributed by atoms with Crippen LogP contribution in [0.2, 0.25) is 0 Å². The van der Waals surface area contributed by atoms with Gasteiger partial charge < -0.3 is 4.74 Å². The van der Waals surface area contributed by atoms with Crippen LogP contribution in [0.4, 0.5) is 0 Å². The molecule has 14 heavy (non-hydrogen) atoms. The van der Waals surface area contributed by atoms with Crippen LogP contribution < -0.4 is 4.74 Å². The van der Waals surface area contributed by atoms with Gasteiger partial charge in [0, 0.05) is 9.30 Å². The first-order chi connectivity index (χ1) is 6.68. The second-order valence-electron chi connectivity index (χ2n) is 3.23. The molecule has 3 heteroatoms. The predicted octanol–water partition coefficient (Wildman–Crippen LogP) is 4.39. The normalized spacial score (nSPS) is 12.5. The summed E-state index contributed by atoms with van der Waals surface area (Å²) in [6, 6.07) is 7.92. The molecular weight excluding hydrogens is 308 g/mol. The summed E-state index contributed by atoms with van der Waals surface area (Å²) in [5.74, 6) is 0.940. The van der Waals surface area contributed by atoms with E-state index in [4.69, 9.17) is 4.74 Å². The summed E-state index contributed by atoms with van der Waals surface area (Å²) in [5.41, 5.74) is 0. The van der Waals surface area contributed by atoms with Gasteiger partial charge in [-0.2, -0.15) is 0 Å². The van der Waals surface area contributed by atoms with Crippen LogP contribution in [-0.4, -0.2) is 11.4 Å². The molecule has 0 aliphatic rings. The second-order valence-corrected chi connectivity index (χ2v) is 5.70. The number of ether oxygens (including phenoxy) is 1. The SMILES string of the molecule is CC(Br)CCCOc1ccc(Br)cc1. The number of benzene rings is 1. The van der Waals surface area contributed by atoms with Crippen molar-refractivity contribution in [2.24, 2.45) is 0 Å². The minimum Gasteiger partial charge on any atom is -0.494 e. The fourth-order valence-corrected chi connectivity index (χ4v) is 1.67. The van der Waals surface area contributed by atoms with Gasteiger partial charge in [0.25, 0.3) is 0 Å². The van der Waals surface area contributed by atoms with E-state index in [0.29, 0.717) is 4.83 Å². The van der Waals surface area contributed by atoms with Gasteiger partial charge in [0.15, 0.2) is 0 Å². The number of hydrogen-bond acceptors (Lipinski definition) is 1. The first-order valence-electron chi connectivity index (χ1n) is 4.71. The Hall–Kier alpha value is -0.0200. The van der Waals surface area contributed by atoms with E-state index in [1.807, 2.05) is 24.3 Å². The molecule has 0 aromatic heterocycles. The average Bonchev–Trinajstić information content (AvgIpc) is 2.15. The predicted molar refractivity (Wildman–Crippen MR) is 67.3 cm³/mol. The molecule has 1 rings (SSSR count). The van der Waals surface area contributed by atoms with Crippen molar-refractivity contribution >= 4 is 31.9 Å². The molecule has 1 unspecified atom stereocenters. The first kappa shape index (κ1) is 12.1. The molecule has 0 saturated carbocycles. The van der Waals surface area contributed by atoms with Gasteiger partial charge in [-0.3, -0.25) is 0 Å². The van der Waals surface area contributed by atoms with E-state index in [9.17, 15) is 0 Å². The maximum absolute atomic E-state index is 5.57. The van der Waals surface area contributed by atoms with Crippen molar-refractivity contribution in [3.63, 3.8) is 0 Å². The van der Waals surface area contributed by atoms with E-state index in [-0.39, 0.29) is 0 Å². The molecule has 1 nitrogen and oxygen atoms in total. The Kier molecular flexibility index (Phi) is 5.56. The van der Waals surface area contributed by atoms with Crippen molar-refractivity contribution in [2.75, 3.05) is 6.61 Å².